The molecule has 0 aromatic rings. The highest BCUT2D eigenvalue weighted by Gasteiger charge is 2.44. The lowest BCUT2D eigenvalue weighted by molar-refractivity contribution is -0.155. The lowest BCUT2D eigenvalue weighted by Gasteiger charge is -2.19. The van der Waals surface area contributed by atoms with Gasteiger partial charge in [-0.05, 0) is 13.8 Å². The minimum atomic E-state index is -1.000. The predicted molar refractivity (Wildman–Crippen MR) is 52.4 cm³/mol. The molecular formula is C9H17NO5. The summed E-state index contributed by atoms with van der Waals surface area (Å²) < 4.78 is 10.9. The molecule has 1 aliphatic heterocycles. The summed E-state index contributed by atoms with van der Waals surface area (Å²) in [6.07, 6.45) is -0.760. The fraction of sp³-hybridized carbons (Fsp3) is 0.889. The molecule has 2 N–H and O–H groups in total. The van der Waals surface area contributed by atoms with Crippen LogP contribution in [0.2, 0.25) is 0 Å². The van der Waals surface area contributed by atoms with Gasteiger partial charge in [-0.25, -0.2) is 0 Å². The van der Waals surface area contributed by atoms with Crippen molar-refractivity contribution in [3.05, 3.63) is 0 Å². The summed E-state index contributed by atoms with van der Waals surface area (Å²) in [5.41, 5.74) is 0. The molecule has 0 aromatic carbocycles. The molecule has 88 valence electrons. The monoisotopic (exact) mass is 219 g/mol. The number of rotatable bonds is 4. The molecule has 0 aliphatic carbocycles. The number of nitrogens with zero attached hydrogens (tertiary/aromatic N) is 1. The Morgan fingerprint density at radius 2 is 2.20 bits per heavy atom. The van der Waals surface area contributed by atoms with Gasteiger partial charge in [0.25, 0.3) is 0 Å². The normalized spacial score (nSPS) is 32.1. The molecule has 1 aliphatic rings. The quantitative estimate of drug-likeness (QED) is 0.492. The molecular weight excluding hydrogens is 202 g/mol. The fourth-order valence-corrected chi connectivity index (χ4v) is 1.45. The molecule has 0 amide bonds. The third-order valence-corrected chi connectivity index (χ3v) is 2.04. The Morgan fingerprint density at radius 3 is 2.73 bits per heavy atom. The Kier molecular flexibility index (Phi) is 4.04. The Morgan fingerprint density at radius 1 is 1.53 bits per heavy atom. The average molecular weight is 219 g/mol. The van der Waals surface area contributed by atoms with E-state index in [1.54, 1.807) is 13.8 Å². The molecule has 0 radical (unpaired) electrons. The van der Waals surface area contributed by atoms with Crippen molar-refractivity contribution in [2.75, 3.05) is 13.7 Å². The van der Waals surface area contributed by atoms with Crippen molar-refractivity contribution in [3.8, 4) is 0 Å². The second-order valence-corrected chi connectivity index (χ2v) is 3.75. The maximum absolute atomic E-state index is 9.50. The Labute approximate surface area is 88.4 Å². The van der Waals surface area contributed by atoms with Crippen molar-refractivity contribution in [1.82, 2.24) is 0 Å². The van der Waals surface area contributed by atoms with E-state index in [1.165, 1.54) is 13.3 Å². The van der Waals surface area contributed by atoms with E-state index in [4.69, 9.17) is 14.6 Å². The summed E-state index contributed by atoms with van der Waals surface area (Å²) in [5.74, 6) is -0.800. The Bertz CT molecular complexity index is 231. The van der Waals surface area contributed by atoms with Gasteiger partial charge in [0.1, 0.15) is 25.4 Å². The van der Waals surface area contributed by atoms with Crippen LogP contribution in [-0.4, -0.2) is 54.2 Å². The average Bonchev–Trinajstić information content (AvgIpc) is 2.49. The van der Waals surface area contributed by atoms with Gasteiger partial charge < -0.3 is 24.5 Å². The zero-order chi connectivity index (χ0) is 11.5. The molecule has 0 saturated carbocycles. The van der Waals surface area contributed by atoms with Crippen LogP contribution in [0.1, 0.15) is 13.8 Å². The molecule has 0 unspecified atom stereocenters. The molecule has 15 heavy (non-hydrogen) atoms. The largest absolute Gasteiger partial charge is 0.399 e. The van der Waals surface area contributed by atoms with Gasteiger partial charge >= 0.3 is 0 Å². The van der Waals surface area contributed by atoms with Gasteiger partial charge in [-0.1, -0.05) is 5.16 Å². The van der Waals surface area contributed by atoms with Crippen LogP contribution in [0.3, 0.4) is 0 Å². The van der Waals surface area contributed by atoms with Crippen molar-refractivity contribution in [3.63, 3.8) is 0 Å². The van der Waals surface area contributed by atoms with Crippen molar-refractivity contribution >= 4 is 6.21 Å². The molecule has 1 heterocycles. The first kappa shape index (κ1) is 12.4. The summed E-state index contributed by atoms with van der Waals surface area (Å²) >= 11 is 0. The number of ether oxygens (including phenoxy) is 2. The summed E-state index contributed by atoms with van der Waals surface area (Å²) in [7, 11) is 1.41. The van der Waals surface area contributed by atoms with Crippen molar-refractivity contribution in [2.24, 2.45) is 5.16 Å². The van der Waals surface area contributed by atoms with Gasteiger partial charge in [-0.3, -0.25) is 0 Å². The van der Waals surface area contributed by atoms with Crippen LogP contribution in [0.15, 0.2) is 5.16 Å². The lowest BCUT2D eigenvalue weighted by Crippen LogP contribution is -2.38. The van der Waals surface area contributed by atoms with Gasteiger partial charge in [0.2, 0.25) is 0 Å². The first-order chi connectivity index (χ1) is 7.00. The number of aliphatic hydroxyl groups excluding tert-OH is 2. The SMILES string of the molecule is CON=C[C@H]1OC(C)(C)O[C@@H]1[C@H](O)CO. The van der Waals surface area contributed by atoms with Crippen LogP contribution in [0.25, 0.3) is 0 Å². The summed E-state index contributed by atoms with van der Waals surface area (Å²) in [4.78, 5) is 4.52. The van der Waals surface area contributed by atoms with Crippen LogP contribution in [0, 0.1) is 0 Å². The standard InChI is InChI=1S/C9H17NO5/c1-9(2)14-7(4-10-13-3)8(15-9)6(12)5-11/h4,6-8,11-12H,5H2,1-3H3/t6-,7-,8-/m1/s1. The molecule has 0 spiro atoms. The highest BCUT2D eigenvalue weighted by Crippen LogP contribution is 2.29. The van der Waals surface area contributed by atoms with Crippen LogP contribution >= 0.6 is 0 Å². The first-order valence-corrected chi connectivity index (χ1v) is 4.71. The van der Waals surface area contributed by atoms with Crippen LogP contribution in [-0.2, 0) is 14.3 Å². The number of hydrogen-bond acceptors (Lipinski definition) is 6. The van der Waals surface area contributed by atoms with E-state index in [0.717, 1.165) is 0 Å². The van der Waals surface area contributed by atoms with Crippen LogP contribution in [0.5, 0.6) is 0 Å². The van der Waals surface area contributed by atoms with Gasteiger partial charge in [0.15, 0.2) is 5.79 Å². The highest BCUT2D eigenvalue weighted by molar-refractivity contribution is 5.64. The maximum Gasteiger partial charge on any atom is 0.164 e. The molecule has 6 nitrogen and oxygen atoms in total. The predicted octanol–water partition coefficient (Wildman–Crippen LogP) is -0.508. The van der Waals surface area contributed by atoms with E-state index < -0.39 is 24.1 Å². The van der Waals surface area contributed by atoms with Gasteiger partial charge in [-0.2, -0.15) is 0 Å². The number of aliphatic hydroxyl groups is 2. The number of oxime groups is 1. The summed E-state index contributed by atoms with van der Waals surface area (Å²) in [6.45, 7) is 3.07. The second-order valence-electron chi connectivity index (χ2n) is 3.75. The molecule has 1 rings (SSSR count). The van der Waals surface area contributed by atoms with Crippen molar-refractivity contribution < 1.29 is 24.5 Å². The third kappa shape index (κ3) is 3.13. The molecule has 0 aromatic heterocycles. The molecule has 0 bridgehead atoms. The van der Waals surface area contributed by atoms with E-state index >= 15 is 0 Å². The summed E-state index contributed by atoms with van der Waals surface area (Å²) in [6, 6.07) is 0. The topological polar surface area (TPSA) is 80.5 Å². The van der Waals surface area contributed by atoms with E-state index in [1.807, 2.05) is 0 Å². The molecule has 3 atom stereocenters. The summed E-state index contributed by atoms with van der Waals surface area (Å²) in [5, 5.41) is 21.9. The third-order valence-electron chi connectivity index (χ3n) is 2.04. The van der Waals surface area contributed by atoms with Gasteiger partial charge in [0.05, 0.1) is 12.8 Å². The second kappa shape index (κ2) is 4.89. The van der Waals surface area contributed by atoms with Crippen LogP contribution in [0.4, 0.5) is 0 Å². The van der Waals surface area contributed by atoms with E-state index in [2.05, 4.69) is 9.99 Å². The Hall–Kier alpha value is -0.690. The first-order valence-electron chi connectivity index (χ1n) is 4.71. The van der Waals surface area contributed by atoms with Gasteiger partial charge in [0, 0.05) is 0 Å². The van der Waals surface area contributed by atoms with Crippen molar-refractivity contribution in [1.29, 1.82) is 0 Å². The molecule has 6 heteroatoms. The van der Waals surface area contributed by atoms with Crippen molar-refractivity contribution in [2.45, 2.75) is 37.9 Å². The zero-order valence-electron chi connectivity index (χ0n) is 9.08. The van der Waals surface area contributed by atoms with Crippen LogP contribution < -0.4 is 0 Å². The van der Waals surface area contributed by atoms with Gasteiger partial charge in [-0.15, -0.1) is 0 Å². The fourth-order valence-electron chi connectivity index (χ4n) is 1.45. The minimum Gasteiger partial charge on any atom is -0.399 e. The molecule has 1 saturated heterocycles. The lowest BCUT2D eigenvalue weighted by atomic mass is 10.1. The minimum absolute atomic E-state index is 0.387. The smallest absolute Gasteiger partial charge is 0.164 e. The maximum atomic E-state index is 9.50. The zero-order valence-corrected chi connectivity index (χ0v) is 9.08. The van der Waals surface area contributed by atoms with E-state index in [0.29, 0.717) is 0 Å². The molecule has 1 fully saturated rings. The van der Waals surface area contributed by atoms with E-state index in [9.17, 15) is 5.11 Å². The highest BCUT2D eigenvalue weighted by atomic mass is 16.8. The number of hydrogen-bond donors (Lipinski definition) is 2. The van der Waals surface area contributed by atoms with E-state index in [-0.39, 0.29) is 6.61 Å². The Balaban J connectivity index is 2.70.